The van der Waals surface area contributed by atoms with Crippen molar-refractivity contribution in [3.05, 3.63) is 30.1 Å². The Morgan fingerprint density at radius 2 is 2.13 bits per heavy atom. The summed E-state index contributed by atoms with van der Waals surface area (Å²) in [7, 11) is -1.99. The molecule has 3 aliphatic rings. The number of fused-ring (bicyclic) bond motifs is 1. The second-order valence-electron chi connectivity index (χ2n) is 6.66. The van der Waals surface area contributed by atoms with Gasteiger partial charge in [-0.3, -0.25) is 4.21 Å². The third kappa shape index (κ3) is 2.29. The molecular formula is C15H16F3N3OS. The second kappa shape index (κ2) is 4.78. The molecule has 0 amide bonds. The van der Waals surface area contributed by atoms with Crippen LogP contribution in [0.2, 0.25) is 0 Å². The minimum Gasteiger partial charge on any atom is -0.251 e. The van der Waals surface area contributed by atoms with E-state index in [2.05, 4.69) is 10.1 Å². The number of aromatic nitrogens is 3. The molecule has 0 saturated heterocycles. The molecule has 3 unspecified atom stereocenters. The normalized spacial score (nSPS) is 38.5. The number of nitrogens with zero attached hydrogens (tertiary/aromatic N) is 3. The molecule has 1 aromatic heterocycles. The predicted molar refractivity (Wildman–Crippen MR) is 78.3 cm³/mol. The van der Waals surface area contributed by atoms with E-state index in [4.69, 9.17) is 0 Å². The largest absolute Gasteiger partial charge is 0.264 e. The molecule has 0 spiro atoms. The van der Waals surface area contributed by atoms with Crippen LogP contribution in [0.25, 0.3) is 0 Å². The van der Waals surface area contributed by atoms with Crippen LogP contribution >= 0.6 is 0 Å². The molecule has 8 heteroatoms. The van der Waals surface area contributed by atoms with Crippen molar-refractivity contribution in [1.29, 1.82) is 0 Å². The van der Waals surface area contributed by atoms with Gasteiger partial charge in [0.25, 0.3) is 5.92 Å². The topological polar surface area (TPSA) is 47.8 Å². The van der Waals surface area contributed by atoms with E-state index in [1.165, 1.54) is 4.68 Å². The summed E-state index contributed by atoms with van der Waals surface area (Å²) >= 11 is 0. The summed E-state index contributed by atoms with van der Waals surface area (Å²) in [6.07, 6.45) is 7.11. The third-order valence-electron chi connectivity index (χ3n) is 4.89. The third-order valence-corrected chi connectivity index (χ3v) is 6.45. The number of halogens is 3. The lowest BCUT2D eigenvalue weighted by Crippen LogP contribution is -2.27. The molecule has 4 nitrogen and oxygen atoms in total. The Bertz CT molecular complexity index is 744. The average molecular weight is 343 g/mol. The molecule has 5 atom stereocenters. The predicted octanol–water partition coefficient (Wildman–Crippen LogP) is 3.27. The van der Waals surface area contributed by atoms with Gasteiger partial charge in [0.2, 0.25) is 5.16 Å². The Hall–Kier alpha value is -1.44. The van der Waals surface area contributed by atoms with Crippen molar-refractivity contribution in [2.24, 2.45) is 5.41 Å². The van der Waals surface area contributed by atoms with Crippen molar-refractivity contribution in [1.82, 2.24) is 14.8 Å². The van der Waals surface area contributed by atoms with E-state index >= 15 is 0 Å². The molecule has 0 aromatic carbocycles. The summed E-state index contributed by atoms with van der Waals surface area (Å²) < 4.78 is 54.1. The molecule has 4 rings (SSSR count). The molecular weight excluding hydrogens is 327 g/mol. The quantitative estimate of drug-likeness (QED) is 0.846. The molecule has 0 radical (unpaired) electrons. The maximum Gasteiger partial charge on any atom is 0.264 e. The van der Waals surface area contributed by atoms with Crippen LogP contribution in [0.15, 0.2) is 29.5 Å². The lowest BCUT2D eigenvalue weighted by Gasteiger charge is -2.33. The Morgan fingerprint density at radius 1 is 1.39 bits per heavy atom. The number of hydrogen-bond acceptors (Lipinski definition) is 3. The molecule has 1 saturated carbocycles. The smallest absolute Gasteiger partial charge is 0.251 e. The van der Waals surface area contributed by atoms with Crippen LogP contribution in [0.1, 0.15) is 44.2 Å². The standard InChI is InChI=1S/C15H16F3N3OS/c1-14(5-3-2-4-6-14)10-7-9(16)12-19-13(20-21(10)12)23(22)11-8-15(11,17)18/h2-5,9-11H,6-8H2,1H3/t9-,10-,11?,14?,23?/m0/s1. The van der Waals surface area contributed by atoms with Gasteiger partial charge in [0, 0.05) is 18.3 Å². The van der Waals surface area contributed by atoms with Crippen LogP contribution in [0, 0.1) is 5.41 Å². The van der Waals surface area contributed by atoms with Gasteiger partial charge in [0.15, 0.2) is 12.0 Å². The second-order valence-corrected chi connectivity index (χ2v) is 8.19. The van der Waals surface area contributed by atoms with Gasteiger partial charge in [-0.1, -0.05) is 31.2 Å². The van der Waals surface area contributed by atoms with Crippen molar-refractivity contribution in [3.63, 3.8) is 0 Å². The van der Waals surface area contributed by atoms with Crippen LogP contribution in [0.5, 0.6) is 0 Å². The fourth-order valence-corrected chi connectivity index (χ4v) is 4.63. The molecule has 124 valence electrons. The summed E-state index contributed by atoms with van der Waals surface area (Å²) in [4.78, 5) is 3.98. The monoisotopic (exact) mass is 343 g/mol. The number of rotatable bonds is 3. The van der Waals surface area contributed by atoms with Gasteiger partial charge in [-0.15, -0.1) is 5.10 Å². The highest BCUT2D eigenvalue weighted by molar-refractivity contribution is 7.85. The Kier molecular flexibility index (Phi) is 3.14. The highest BCUT2D eigenvalue weighted by Gasteiger charge is 2.62. The van der Waals surface area contributed by atoms with E-state index in [9.17, 15) is 17.4 Å². The van der Waals surface area contributed by atoms with E-state index in [1.807, 2.05) is 31.2 Å². The highest BCUT2D eigenvalue weighted by atomic mass is 32.2. The van der Waals surface area contributed by atoms with Crippen molar-refractivity contribution >= 4 is 10.8 Å². The fourth-order valence-electron chi connectivity index (χ4n) is 3.33. The molecule has 23 heavy (non-hydrogen) atoms. The fraction of sp³-hybridized carbons (Fsp3) is 0.600. The average Bonchev–Trinajstić information content (AvgIpc) is 2.86. The molecule has 0 N–H and O–H groups in total. The highest BCUT2D eigenvalue weighted by Crippen LogP contribution is 2.50. The SMILES string of the molecule is CC1([C@@H]2C[C@H](F)c3nc(S(=O)C4CC4(F)F)nn32)C=CC=CC1. The first-order chi connectivity index (χ1) is 10.8. The molecule has 2 heterocycles. The first-order valence-corrected chi connectivity index (χ1v) is 8.76. The molecule has 2 aliphatic carbocycles. The summed E-state index contributed by atoms with van der Waals surface area (Å²) in [6.45, 7) is 2.01. The molecule has 1 aromatic rings. The van der Waals surface area contributed by atoms with Crippen molar-refractivity contribution in [2.45, 2.75) is 54.7 Å². The van der Waals surface area contributed by atoms with Crippen LogP contribution in [-0.2, 0) is 10.8 Å². The van der Waals surface area contributed by atoms with Crippen molar-refractivity contribution in [3.8, 4) is 0 Å². The van der Waals surface area contributed by atoms with Gasteiger partial charge in [-0.25, -0.2) is 22.8 Å². The van der Waals surface area contributed by atoms with E-state index in [0.717, 1.165) is 6.42 Å². The Labute approximate surface area is 133 Å². The van der Waals surface area contributed by atoms with Crippen LogP contribution in [-0.4, -0.2) is 30.1 Å². The van der Waals surface area contributed by atoms with Crippen LogP contribution in [0.4, 0.5) is 13.2 Å². The maximum absolute atomic E-state index is 14.3. The van der Waals surface area contributed by atoms with E-state index in [0.29, 0.717) is 0 Å². The van der Waals surface area contributed by atoms with Gasteiger partial charge in [-0.05, 0) is 6.42 Å². The van der Waals surface area contributed by atoms with E-state index < -0.39 is 34.6 Å². The zero-order chi connectivity index (χ0) is 16.4. The van der Waals surface area contributed by atoms with Gasteiger partial charge >= 0.3 is 0 Å². The van der Waals surface area contributed by atoms with Gasteiger partial charge in [0.1, 0.15) is 16.0 Å². The Morgan fingerprint density at radius 3 is 2.74 bits per heavy atom. The van der Waals surface area contributed by atoms with E-state index in [1.54, 1.807) is 0 Å². The van der Waals surface area contributed by atoms with Gasteiger partial charge < -0.3 is 0 Å². The van der Waals surface area contributed by atoms with Crippen molar-refractivity contribution in [2.75, 3.05) is 0 Å². The lowest BCUT2D eigenvalue weighted by molar-refractivity contribution is 0.122. The molecule has 0 bridgehead atoms. The zero-order valence-corrected chi connectivity index (χ0v) is 13.3. The maximum atomic E-state index is 14.3. The summed E-state index contributed by atoms with van der Waals surface area (Å²) in [5.41, 5.74) is -0.319. The summed E-state index contributed by atoms with van der Waals surface area (Å²) in [5.74, 6) is -2.82. The minimum atomic E-state index is -2.92. The molecule has 1 fully saturated rings. The minimum absolute atomic E-state index is 0.103. The van der Waals surface area contributed by atoms with Gasteiger partial charge in [-0.2, -0.15) is 0 Å². The first kappa shape index (κ1) is 15.1. The number of hydrogen-bond donors (Lipinski definition) is 0. The van der Waals surface area contributed by atoms with Crippen LogP contribution < -0.4 is 0 Å². The van der Waals surface area contributed by atoms with Crippen LogP contribution in [0.3, 0.4) is 0 Å². The number of allylic oxidation sites excluding steroid dienone is 4. The van der Waals surface area contributed by atoms with Gasteiger partial charge in [0.05, 0.1) is 6.04 Å². The van der Waals surface area contributed by atoms with E-state index in [-0.39, 0.29) is 28.9 Å². The number of alkyl halides is 3. The Balaban J connectivity index is 1.66. The summed E-state index contributed by atoms with van der Waals surface area (Å²) in [5, 5.41) is 2.73. The first-order valence-electron chi connectivity index (χ1n) is 7.55. The van der Waals surface area contributed by atoms with Crippen molar-refractivity contribution < 1.29 is 17.4 Å². The zero-order valence-electron chi connectivity index (χ0n) is 12.5. The molecule has 1 aliphatic heterocycles. The summed E-state index contributed by atoms with van der Waals surface area (Å²) in [6, 6.07) is -0.258. The lowest BCUT2D eigenvalue weighted by atomic mass is 9.76.